The monoisotopic (exact) mass is 291 g/mol. The van der Waals surface area contributed by atoms with Crippen molar-refractivity contribution < 1.29 is 0 Å². The summed E-state index contributed by atoms with van der Waals surface area (Å²) in [6.45, 7) is 4.54. The molecule has 1 saturated carbocycles. The van der Waals surface area contributed by atoms with Gasteiger partial charge in [-0.2, -0.15) is 0 Å². The summed E-state index contributed by atoms with van der Waals surface area (Å²) in [5.41, 5.74) is 7.49. The van der Waals surface area contributed by atoms with Gasteiger partial charge in [-0.25, -0.2) is 4.68 Å². The Kier molecular flexibility index (Phi) is 3.38. The van der Waals surface area contributed by atoms with Gasteiger partial charge in [-0.3, -0.25) is 0 Å². The van der Waals surface area contributed by atoms with E-state index in [9.17, 15) is 0 Å². The highest BCUT2D eigenvalue weighted by Gasteiger charge is 2.33. The summed E-state index contributed by atoms with van der Waals surface area (Å²) in [5.74, 6) is 1.95. The molecule has 0 spiro atoms. The van der Waals surface area contributed by atoms with Crippen molar-refractivity contribution in [2.75, 3.05) is 5.73 Å². The number of hydrogen-bond donors (Lipinski definition) is 1. The largest absolute Gasteiger partial charge is 0.398 e. The fourth-order valence-corrected chi connectivity index (χ4v) is 3.17. The summed E-state index contributed by atoms with van der Waals surface area (Å²) >= 11 is 6.06. The molecule has 0 amide bonds. The molecule has 1 heterocycles. The molecule has 0 bridgehead atoms. The minimum atomic E-state index is 0.327. The van der Waals surface area contributed by atoms with Crippen LogP contribution in [0.15, 0.2) is 18.2 Å². The minimum Gasteiger partial charge on any atom is -0.398 e. The summed E-state index contributed by atoms with van der Waals surface area (Å²) in [6.07, 6.45) is 2.30. The third-order valence-corrected chi connectivity index (χ3v) is 4.72. The normalized spacial score (nSPS) is 26.1. The first-order valence-electron chi connectivity index (χ1n) is 6.91. The molecule has 6 heteroatoms. The molecule has 3 atom stereocenters. The molecule has 1 fully saturated rings. The van der Waals surface area contributed by atoms with Gasteiger partial charge in [-0.15, -0.1) is 5.10 Å². The van der Waals surface area contributed by atoms with E-state index in [0.29, 0.717) is 34.4 Å². The molecule has 3 rings (SSSR count). The molecule has 1 aliphatic rings. The maximum atomic E-state index is 6.06. The quantitative estimate of drug-likeness (QED) is 0.863. The zero-order valence-electron chi connectivity index (χ0n) is 11.6. The van der Waals surface area contributed by atoms with Gasteiger partial charge in [0.05, 0.1) is 6.04 Å². The molecule has 20 heavy (non-hydrogen) atoms. The van der Waals surface area contributed by atoms with Crippen LogP contribution in [-0.2, 0) is 0 Å². The number of nitrogen functional groups attached to an aromatic ring is 1. The van der Waals surface area contributed by atoms with Crippen LogP contribution < -0.4 is 5.73 Å². The molecule has 0 aliphatic heterocycles. The maximum Gasteiger partial charge on any atom is 0.184 e. The zero-order valence-corrected chi connectivity index (χ0v) is 12.4. The molecule has 5 nitrogen and oxygen atoms in total. The lowest BCUT2D eigenvalue weighted by atomic mass is 9.97. The lowest BCUT2D eigenvalue weighted by Gasteiger charge is -2.19. The SMILES string of the molecule is CC1CCC(n2nnnc2-c2cc(Cl)ccc2N)C1C. The number of hydrogen-bond acceptors (Lipinski definition) is 4. The third-order valence-electron chi connectivity index (χ3n) is 4.49. The lowest BCUT2D eigenvalue weighted by molar-refractivity contribution is 0.328. The predicted molar refractivity (Wildman–Crippen MR) is 79.3 cm³/mol. The van der Waals surface area contributed by atoms with Gasteiger partial charge in [0, 0.05) is 16.3 Å². The summed E-state index contributed by atoms with van der Waals surface area (Å²) in [7, 11) is 0. The third kappa shape index (κ3) is 2.16. The van der Waals surface area contributed by atoms with E-state index < -0.39 is 0 Å². The highest BCUT2D eigenvalue weighted by Crippen LogP contribution is 2.41. The van der Waals surface area contributed by atoms with E-state index >= 15 is 0 Å². The van der Waals surface area contributed by atoms with Crippen LogP contribution in [0.25, 0.3) is 11.4 Å². The van der Waals surface area contributed by atoms with Crippen LogP contribution in [-0.4, -0.2) is 20.2 Å². The Morgan fingerprint density at radius 2 is 2.10 bits per heavy atom. The van der Waals surface area contributed by atoms with Crippen LogP contribution in [0.5, 0.6) is 0 Å². The Morgan fingerprint density at radius 3 is 2.80 bits per heavy atom. The van der Waals surface area contributed by atoms with E-state index in [1.54, 1.807) is 12.1 Å². The fraction of sp³-hybridized carbons (Fsp3) is 0.500. The van der Waals surface area contributed by atoms with Crippen molar-refractivity contribution in [2.24, 2.45) is 11.8 Å². The second kappa shape index (κ2) is 5.05. The van der Waals surface area contributed by atoms with Crippen molar-refractivity contribution in [1.29, 1.82) is 0 Å². The first-order chi connectivity index (χ1) is 9.58. The molecule has 2 aromatic rings. The minimum absolute atomic E-state index is 0.327. The van der Waals surface area contributed by atoms with Gasteiger partial charge in [0.15, 0.2) is 5.82 Å². The maximum absolute atomic E-state index is 6.06. The average Bonchev–Trinajstić information content (AvgIpc) is 3.01. The number of halogens is 1. The van der Waals surface area contributed by atoms with Crippen molar-refractivity contribution in [3.63, 3.8) is 0 Å². The van der Waals surface area contributed by atoms with Crippen molar-refractivity contribution in [2.45, 2.75) is 32.7 Å². The zero-order chi connectivity index (χ0) is 14.3. The molecule has 3 unspecified atom stereocenters. The standard InChI is InChI=1S/C14H18ClN5/c1-8-3-6-13(9(8)2)20-14(17-18-19-20)11-7-10(15)4-5-12(11)16/h4-5,7-9,13H,3,6,16H2,1-2H3. The fourth-order valence-electron chi connectivity index (χ4n) is 3.00. The summed E-state index contributed by atoms with van der Waals surface area (Å²) in [6, 6.07) is 5.71. The molecule has 2 N–H and O–H groups in total. The Bertz CT molecular complexity index is 624. The Labute approximate surface area is 123 Å². The second-order valence-electron chi connectivity index (χ2n) is 5.66. The van der Waals surface area contributed by atoms with E-state index in [1.807, 2.05) is 10.7 Å². The van der Waals surface area contributed by atoms with Crippen molar-refractivity contribution in [1.82, 2.24) is 20.2 Å². The van der Waals surface area contributed by atoms with Crippen molar-refractivity contribution >= 4 is 17.3 Å². The van der Waals surface area contributed by atoms with Crippen molar-refractivity contribution in [3.8, 4) is 11.4 Å². The summed E-state index contributed by atoms with van der Waals surface area (Å²) in [5, 5.41) is 12.8. The molecule has 1 aliphatic carbocycles. The number of tetrazole rings is 1. The molecule has 0 radical (unpaired) electrons. The van der Waals surface area contributed by atoms with Gasteiger partial charge in [0.2, 0.25) is 0 Å². The molecular weight excluding hydrogens is 274 g/mol. The van der Waals surface area contributed by atoms with E-state index in [4.69, 9.17) is 17.3 Å². The first kappa shape index (κ1) is 13.4. The van der Waals surface area contributed by atoms with Crippen LogP contribution in [0.4, 0.5) is 5.69 Å². The molecule has 106 valence electrons. The average molecular weight is 292 g/mol. The highest BCUT2D eigenvalue weighted by atomic mass is 35.5. The Morgan fingerprint density at radius 1 is 1.30 bits per heavy atom. The van der Waals surface area contributed by atoms with Crippen molar-refractivity contribution in [3.05, 3.63) is 23.2 Å². The lowest BCUT2D eigenvalue weighted by Crippen LogP contribution is -2.17. The first-order valence-corrected chi connectivity index (χ1v) is 7.29. The molecular formula is C14H18ClN5. The van der Waals surface area contributed by atoms with E-state index in [2.05, 4.69) is 29.4 Å². The number of aromatic nitrogens is 4. The predicted octanol–water partition coefficient (Wildman–Crippen LogP) is 3.18. The number of anilines is 1. The van der Waals surface area contributed by atoms with Crippen LogP contribution >= 0.6 is 11.6 Å². The van der Waals surface area contributed by atoms with E-state index in [-0.39, 0.29) is 0 Å². The van der Waals surface area contributed by atoms with Gasteiger partial charge in [-0.1, -0.05) is 25.4 Å². The van der Waals surface area contributed by atoms with E-state index in [0.717, 1.165) is 12.0 Å². The summed E-state index contributed by atoms with van der Waals surface area (Å²) < 4.78 is 1.91. The topological polar surface area (TPSA) is 69.6 Å². The van der Waals surface area contributed by atoms with Gasteiger partial charge in [-0.05, 0) is 53.3 Å². The number of benzene rings is 1. The molecule has 0 saturated heterocycles. The molecule has 1 aromatic carbocycles. The van der Waals surface area contributed by atoms with Crippen LogP contribution in [0.1, 0.15) is 32.7 Å². The second-order valence-corrected chi connectivity index (χ2v) is 6.10. The Balaban J connectivity index is 2.04. The van der Waals surface area contributed by atoms with Gasteiger partial charge < -0.3 is 5.73 Å². The Hall–Kier alpha value is -1.62. The van der Waals surface area contributed by atoms with Crippen LogP contribution in [0.2, 0.25) is 5.02 Å². The molecule has 1 aromatic heterocycles. The smallest absolute Gasteiger partial charge is 0.184 e. The van der Waals surface area contributed by atoms with E-state index in [1.165, 1.54) is 6.42 Å². The van der Waals surface area contributed by atoms with Gasteiger partial charge in [0.25, 0.3) is 0 Å². The van der Waals surface area contributed by atoms with Crippen LogP contribution in [0.3, 0.4) is 0 Å². The van der Waals surface area contributed by atoms with Crippen LogP contribution in [0, 0.1) is 11.8 Å². The van der Waals surface area contributed by atoms with Gasteiger partial charge >= 0.3 is 0 Å². The number of rotatable bonds is 2. The summed E-state index contributed by atoms with van der Waals surface area (Å²) in [4.78, 5) is 0. The number of nitrogens with zero attached hydrogens (tertiary/aromatic N) is 4. The number of nitrogens with two attached hydrogens (primary N) is 1. The highest BCUT2D eigenvalue weighted by molar-refractivity contribution is 6.31. The van der Waals surface area contributed by atoms with Gasteiger partial charge in [0.1, 0.15) is 0 Å².